The van der Waals surface area contributed by atoms with E-state index in [2.05, 4.69) is 10.2 Å². The highest BCUT2D eigenvalue weighted by Gasteiger charge is 2.12. The van der Waals surface area contributed by atoms with Crippen LogP contribution in [-0.4, -0.2) is 30.4 Å². The quantitative estimate of drug-likeness (QED) is 0.782. The van der Waals surface area contributed by atoms with Crippen molar-refractivity contribution in [3.05, 3.63) is 29.5 Å². The van der Waals surface area contributed by atoms with Crippen molar-refractivity contribution < 1.29 is 4.79 Å². The highest BCUT2D eigenvalue weighted by Crippen LogP contribution is 2.15. The van der Waals surface area contributed by atoms with Gasteiger partial charge in [0, 0.05) is 24.3 Å². The van der Waals surface area contributed by atoms with Crippen molar-refractivity contribution in [1.29, 1.82) is 0 Å². The third-order valence-electron chi connectivity index (χ3n) is 3.12. The number of benzene rings is 1. The second-order valence-corrected chi connectivity index (χ2v) is 4.53. The minimum absolute atomic E-state index is 0.00931. The largest absolute Gasteiger partial charge is 0.761 e. The molecule has 0 unspecified atom stereocenters. The van der Waals surface area contributed by atoms with Crippen LogP contribution in [0.4, 0.5) is 11.4 Å². The Morgan fingerprint density at radius 1 is 1.28 bits per heavy atom. The molecule has 1 fully saturated rings. The molecule has 0 aromatic heterocycles. The summed E-state index contributed by atoms with van der Waals surface area (Å²) in [5.41, 5.74) is 2.91. The molecule has 0 saturated carbocycles. The lowest BCUT2D eigenvalue weighted by molar-refractivity contribution is -0.116. The van der Waals surface area contributed by atoms with Crippen molar-refractivity contribution in [3.63, 3.8) is 0 Å². The first kappa shape index (κ1) is 12.9. The monoisotopic (exact) mass is 248 g/mol. The minimum atomic E-state index is -0.00931. The smallest absolute Gasteiger partial charge is 0.225 e. The number of hydrogen-bond donors (Lipinski definition) is 2. The average molecular weight is 248 g/mol. The Kier molecular flexibility index (Phi) is 4.55. The van der Waals surface area contributed by atoms with Crippen LogP contribution in [0.2, 0.25) is 0 Å². The lowest BCUT2D eigenvalue weighted by atomic mass is 10.2. The van der Waals surface area contributed by atoms with Gasteiger partial charge in [-0.1, -0.05) is 6.07 Å². The molecule has 0 aliphatic carbocycles. The standard InChI is InChI=1S/C13H18N3O2/c17-13(6-9-16-7-1-2-8-16)14-11-4-3-5-12(10-11)15-18/h3-5,10,15H,1-2,6-9H2,(H,14,17)/q-1. The number of carbonyl (C=O) groups is 1. The van der Waals surface area contributed by atoms with E-state index < -0.39 is 0 Å². The molecule has 1 aromatic carbocycles. The van der Waals surface area contributed by atoms with Crippen LogP contribution >= 0.6 is 0 Å². The number of hydrogen-bond acceptors (Lipinski definition) is 4. The second-order valence-electron chi connectivity index (χ2n) is 4.53. The Morgan fingerprint density at radius 3 is 2.72 bits per heavy atom. The van der Waals surface area contributed by atoms with Gasteiger partial charge in [-0.2, -0.15) is 0 Å². The molecule has 98 valence electrons. The normalized spacial score (nSPS) is 15.6. The van der Waals surface area contributed by atoms with Gasteiger partial charge in [-0.3, -0.25) is 4.79 Å². The summed E-state index contributed by atoms with van der Waals surface area (Å²) in [6.07, 6.45) is 2.96. The Hall–Kier alpha value is -1.59. The highest BCUT2D eigenvalue weighted by molar-refractivity contribution is 5.91. The summed E-state index contributed by atoms with van der Waals surface area (Å²) >= 11 is 0. The topological polar surface area (TPSA) is 67.4 Å². The molecule has 2 N–H and O–H groups in total. The van der Waals surface area contributed by atoms with Gasteiger partial charge < -0.3 is 20.9 Å². The maximum absolute atomic E-state index is 11.7. The van der Waals surface area contributed by atoms with Crippen LogP contribution in [0, 0.1) is 5.21 Å². The first-order valence-electron chi connectivity index (χ1n) is 6.28. The van der Waals surface area contributed by atoms with Gasteiger partial charge >= 0.3 is 0 Å². The van der Waals surface area contributed by atoms with Gasteiger partial charge in [0.25, 0.3) is 0 Å². The number of nitrogens with one attached hydrogen (secondary N) is 2. The molecule has 0 spiro atoms. The van der Waals surface area contributed by atoms with Gasteiger partial charge in [-0.25, -0.2) is 0 Å². The van der Waals surface area contributed by atoms with Crippen LogP contribution in [0.3, 0.4) is 0 Å². The van der Waals surface area contributed by atoms with E-state index in [1.807, 2.05) is 5.48 Å². The maximum Gasteiger partial charge on any atom is 0.225 e. The molecule has 0 atom stereocenters. The van der Waals surface area contributed by atoms with Crippen molar-refractivity contribution in [3.8, 4) is 0 Å². The van der Waals surface area contributed by atoms with E-state index in [0.717, 1.165) is 19.6 Å². The molecular formula is C13H18N3O2-. The first-order valence-corrected chi connectivity index (χ1v) is 6.28. The predicted molar refractivity (Wildman–Crippen MR) is 72.4 cm³/mol. The van der Waals surface area contributed by atoms with Crippen LogP contribution in [0.15, 0.2) is 24.3 Å². The summed E-state index contributed by atoms with van der Waals surface area (Å²) in [7, 11) is 0. The van der Waals surface area contributed by atoms with Crippen LogP contribution in [0.1, 0.15) is 19.3 Å². The number of carbonyl (C=O) groups excluding carboxylic acids is 1. The fourth-order valence-corrected chi connectivity index (χ4v) is 2.15. The number of nitrogens with zero attached hydrogens (tertiary/aromatic N) is 1. The molecular weight excluding hydrogens is 230 g/mol. The summed E-state index contributed by atoms with van der Waals surface area (Å²) < 4.78 is 0. The van der Waals surface area contributed by atoms with Crippen LogP contribution < -0.4 is 10.8 Å². The van der Waals surface area contributed by atoms with Gasteiger partial charge in [-0.05, 0) is 44.1 Å². The van der Waals surface area contributed by atoms with Crippen molar-refractivity contribution in [2.75, 3.05) is 30.4 Å². The van der Waals surface area contributed by atoms with Crippen molar-refractivity contribution in [1.82, 2.24) is 4.90 Å². The summed E-state index contributed by atoms with van der Waals surface area (Å²) in [5, 5.41) is 13.3. The molecule has 0 radical (unpaired) electrons. The van der Waals surface area contributed by atoms with Crippen molar-refractivity contribution in [2.45, 2.75) is 19.3 Å². The van der Waals surface area contributed by atoms with Gasteiger partial charge in [0.2, 0.25) is 5.91 Å². The van der Waals surface area contributed by atoms with Gasteiger partial charge in [-0.15, -0.1) is 0 Å². The second kappa shape index (κ2) is 6.37. The van der Waals surface area contributed by atoms with Crippen LogP contribution in [-0.2, 0) is 4.79 Å². The molecule has 5 nitrogen and oxygen atoms in total. The molecule has 1 saturated heterocycles. The first-order chi connectivity index (χ1) is 8.78. The zero-order valence-electron chi connectivity index (χ0n) is 10.3. The van der Waals surface area contributed by atoms with E-state index >= 15 is 0 Å². The van der Waals surface area contributed by atoms with E-state index in [1.165, 1.54) is 12.8 Å². The molecule has 1 aliphatic rings. The zero-order valence-corrected chi connectivity index (χ0v) is 10.3. The Balaban J connectivity index is 1.78. The molecule has 1 aliphatic heterocycles. The third-order valence-corrected chi connectivity index (χ3v) is 3.12. The highest BCUT2D eigenvalue weighted by atomic mass is 16.5. The number of rotatable bonds is 5. The Bertz CT molecular complexity index is 403. The Labute approximate surface area is 107 Å². The van der Waals surface area contributed by atoms with E-state index in [9.17, 15) is 10.0 Å². The van der Waals surface area contributed by atoms with Gasteiger partial charge in [0.1, 0.15) is 0 Å². The average Bonchev–Trinajstić information content (AvgIpc) is 2.90. The molecule has 2 rings (SSSR count). The summed E-state index contributed by atoms with van der Waals surface area (Å²) in [4.78, 5) is 14.0. The maximum atomic E-state index is 11.7. The van der Waals surface area contributed by atoms with Crippen LogP contribution in [0.25, 0.3) is 0 Å². The fraction of sp³-hybridized carbons (Fsp3) is 0.462. The molecule has 1 amide bonds. The lowest BCUT2D eigenvalue weighted by Gasteiger charge is -2.14. The summed E-state index contributed by atoms with van der Waals surface area (Å²) in [6, 6.07) is 6.79. The molecule has 5 heteroatoms. The molecule has 0 bridgehead atoms. The lowest BCUT2D eigenvalue weighted by Crippen LogP contribution is -2.25. The fourth-order valence-electron chi connectivity index (χ4n) is 2.15. The molecule has 1 aromatic rings. The summed E-state index contributed by atoms with van der Waals surface area (Å²) in [6.45, 7) is 3.01. The van der Waals surface area contributed by atoms with Gasteiger partial charge in [0.05, 0.1) is 0 Å². The summed E-state index contributed by atoms with van der Waals surface area (Å²) in [5.74, 6) is -0.00931. The van der Waals surface area contributed by atoms with Gasteiger partial charge in [0.15, 0.2) is 0 Å². The SMILES string of the molecule is O=C(CCN1CCCC1)Nc1cccc(N[O-])c1. The molecule has 1 heterocycles. The van der Waals surface area contributed by atoms with E-state index in [1.54, 1.807) is 24.3 Å². The predicted octanol–water partition coefficient (Wildman–Crippen LogP) is 2.02. The minimum Gasteiger partial charge on any atom is -0.761 e. The number of amides is 1. The third kappa shape index (κ3) is 3.72. The van der Waals surface area contributed by atoms with Crippen molar-refractivity contribution >= 4 is 17.3 Å². The van der Waals surface area contributed by atoms with Crippen molar-refractivity contribution in [2.24, 2.45) is 0 Å². The molecule has 18 heavy (non-hydrogen) atoms. The van der Waals surface area contributed by atoms with Crippen LogP contribution in [0.5, 0.6) is 0 Å². The zero-order chi connectivity index (χ0) is 12.8. The number of likely N-dealkylation sites (tertiary alicyclic amines) is 1. The van der Waals surface area contributed by atoms with E-state index in [4.69, 9.17) is 0 Å². The number of anilines is 2. The van der Waals surface area contributed by atoms with E-state index in [-0.39, 0.29) is 5.91 Å². The Morgan fingerprint density at radius 2 is 2.00 bits per heavy atom. The van der Waals surface area contributed by atoms with E-state index in [0.29, 0.717) is 17.8 Å².